The molecular weight excluding hydrogens is 420 g/mol. The van der Waals surface area contributed by atoms with Crippen molar-refractivity contribution < 1.29 is 9.26 Å². The normalized spacial score (nSPS) is 13.0. The molecule has 0 amide bonds. The monoisotopic (exact) mass is 450 g/mol. The number of hydrogen-bond acceptors (Lipinski definition) is 7. The Morgan fingerprint density at radius 2 is 2.00 bits per heavy atom. The number of nitrogens with one attached hydrogen (secondary N) is 1. The first-order valence-electron chi connectivity index (χ1n) is 11.1. The van der Waals surface area contributed by atoms with Gasteiger partial charge in [-0.2, -0.15) is 10.1 Å². The topological polar surface area (TPSA) is 124 Å². The van der Waals surface area contributed by atoms with Gasteiger partial charge < -0.3 is 20.0 Å². The first-order chi connectivity index (χ1) is 15.8. The summed E-state index contributed by atoms with van der Waals surface area (Å²) in [6, 6.07) is 9.40. The van der Waals surface area contributed by atoms with Gasteiger partial charge in [-0.3, -0.25) is 4.79 Å². The molecule has 0 aliphatic heterocycles. The van der Waals surface area contributed by atoms with Gasteiger partial charge >= 0.3 is 0 Å². The Hall–Kier alpha value is -3.30. The van der Waals surface area contributed by atoms with E-state index in [1.165, 1.54) is 0 Å². The molecule has 4 aromatic rings. The van der Waals surface area contributed by atoms with Gasteiger partial charge in [0.25, 0.3) is 11.4 Å². The molecule has 3 N–H and O–H groups in total. The third-order valence-electron chi connectivity index (χ3n) is 5.51. The molecule has 33 heavy (non-hydrogen) atoms. The quantitative estimate of drug-likeness (QED) is 0.419. The van der Waals surface area contributed by atoms with Crippen molar-refractivity contribution in [3.63, 3.8) is 0 Å². The summed E-state index contributed by atoms with van der Waals surface area (Å²) in [4.78, 5) is 20.0. The molecular formula is C24H30N6O3. The van der Waals surface area contributed by atoms with E-state index in [0.717, 1.165) is 23.2 Å². The minimum absolute atomic E-state index is 0.0140. The lowest BCUT2D eigenvalue weighted by atomic mass is 9.97. The number of H-pyrrole nitrogens is 1. The van der Waals surface area contributed by atoms with E-state index in [9.17, 15) is 4.79 Å². The van der Waals surface area contributed by atoms with Gasteiger partial charge in [-0.15, -0.1) is 0 Å². The Bertz CT molecular complexity index is 1300. The lowest BCUT2D eigenvalue weighted by Gasteiger charge is -2.22. The van der Waals surface area contributed by atoms with Crippen molar-refractivity contribution in [1.29, 1.82) is 0 Å². The van der Waals surface area contributed by atoms with Crippen LogP contribution in [0, 0.1) is 6.92 Å². The van der Waals surface area contributed by atoms with Crippen molar-refractivity contribution in [1.82, 2.24) is 24.7 Å². The fourth-order valence-electron chi connectivity index (χ4n) is 3.87. The summed E-state index contributed by atoms with van der Waals surface area (Å²) in [7, 11) is 0. The maximum atomic E-state index is 12.6. The molecule has 9 heteroatoms. The van der Waals surface area contributed by atoms with Crippen LogP contribution < -0.4 is 11.3 Å². The van der Waals surface area contributed by atoms with Crippen LogP contribution >= 0.6 is 0 Å². The number of ether oxygens (including phenoxy) is 1. The van der Waals surface area contributed by atoms with E-state index in [1.54, 1.807) is 16.8 Å². The third kappa shape index (κ3) is 5.04. The largest absolute Gasteiger partial charge is 0.376 e. The maximum absolute atomic E-state index is 12.6. The molecule has 4 rings (SSSR count). The molecule has 0 saturated carbocycles. The van der Waals surface area contributed by atoms with Crippen LogP contribution in [-0.2, 0) is 4.74 Å². The Balaban J connectivity index is 1.71. The average Bonchev–Trinajstić information content (AvgIpc) is 3.39. The number of rotatable bonds is 8. The number of nitrogens with two attached hydrogens (primary N) is 1. The van der Waals surface area contributed by atoms with Gasteiger partial charge in [0.05, 0.1) is 17.5 Å². The van der Waals surface area contributed by atoms with Crippen LogP contribution in [-0.4, -0.2) is 43.5 Å². The van der Waals surface area contributed by atoms with Crippen LogP contribution in [0.1, 0.15) is 50.8 Å². The van der Waals surface area contributed by atoms with Gasteiger partial charge in [0.2, 0.25) is 5.82 Å². The van der Waals surface area contributed by atoms with Gasteiger partial charge in [-0.25, -0.2) is 4.52 Å². The molecule has 0 spiro atoms. The van der Waals surface area contributed by atoms with Crippen molar-refractivity contribution in [2.45, 2.75) is 52.1 Å². The predicted octanol–water partition coefficient (Wildman–Crippen LogP) is 3.69. The summed E-state index contributed by atoms with van der Waals surface area (Å²) >= 11 is 0. The van der Waals surface area contributed by atoms with Gasteiger partial charge in [-0.1, -0.05) is 29.4 Å². The van der Waals surface area contributed by atoms with Gasteiger partial charge in [0.1, 0.15) is 11.2 Å². The Kier molecular flexibility index (Phi) is 6.44. The van der Waals surface area contributed by atoms with Crippen LogP contribution in [0.15, 0.2) is 45.8 Å². The second kappa shape index (κ2) is 9.29. The Morgan fingerprint density at radius 3 is 2.73 bits per heavy atom. The first-order valence-corrected chi connectivity index (χ1v) is 11.1. The number of fused-ring (bicyclic) bond motifs is 1. The van der Waals surface area contributed by atoms with Crippen LogP contribution in [0.3, 0.4) is 0 Å². The van der Waals surface area contributed by atoms with Gasteiger partial charge in [0.15, 0.2) is 0 Å². The minimum atomic E-state index is -0.234. The second-order valence-electron chi connectivity index (χ2n) is 9.14. The molecule has 1 atom stereocenters. The van der Waals surface area contributed by atoms with Crippen molar-refractivity contribution in [2.24, 2.45) is 5.73 Å². The van der Waals surface area contributed by atoms with Crippen LogP contribution in [0.25, 0.3) is 28.5 Å². The summed E-state index contributed by atoms with van der Waals surface area (Å²) in [6.07, 6.45) is 3.06. The number of aromatic nitrogens is 5. The highest BCUT2D eigenvalue weighted by Gasteiger charge is 2.22. The molecule has 0 aliphatic rings. The summed E-state index contributed by atoms with van der Waals surface area (Å²) in [6.45, 7) is 9.10. The van der Waals surface area contributed by atoms with Gasteiger partial charge in [0, 0.05) is 24.2 Å². The van der Waals surface area contributed by atoms with E-state index in [2.05, 4.69) is 20.2 Å². The molecule has 174 valence electrons. The van der Waals surface area contributed by atoms with E-state index in [1.807, 2.05) is 52.0 Å². The Morgan fingerprint density at radius 1 is 1.21 bits per heavy atom. The highest BCUT2D eigenvalue weighted by molar-refractivity contribution is 5.72. The first kappa shape index (κ1) is 22.9. The molecule has 3 aromatic heterocycles. The fourth-order valence-corrected chi connectivity index (χ4v) is 3.87. The molecule has 9 nitrogen and oxygen atoms in total. The minimum Gasteiger partial charge on any atom is -0.376 e. The summed E-state index contributed by atoms with van der Waals surface area (Å²) < 4.78 is 13.2. The van der Waals surface area contributed by atoms with Crippen LogP contribution in [0.5, 0.6) is 0 Å². The molecule has 1 unspecified atom stereocenters. The molecule has 0 saturated heterocycles. The summed E-state index contributed by atoms with van der Waals surface area (Å²) in [5.74, 6) is 0.795. The predicted molar refractivity (Wildman–Crippen MR) is 126 cm³/mol. The lowest BCUT2D eigenvalue weighted by molar-refractivity contribution is -0.00660. The standard InChI is InChI=1S/C24H30N6O3/c1-15-7-5-6-8-17(15)21-28-23(33-29-21)18-14-26-30-19(13-20(31)27-22(18)30)16(9-11-25)10-12-32-24(2,3)4/h5-8,13-14,16H,9-12,25H2,1-4H3,(H,27,31). The number of benzene rings is 1. The molecule has 0 aliphatic carbocycles. The third-order valence-corrected chi connectivity index (χ3v) is 5.51. The second-order valence-corrected chi connectivity index (χ2v) is 9.14. The zero-order valence-corrected chi connectivity index (χ0v) is 19.5. The Labute approximate surface area is 192 Å². The average molecular weight is 451 g/mol. The molecule has 3 heterocycles. The van der Waals surface area contributed by atoms with Gasteiger partial charge in [-0.05, 0) is 52.6 Å². The maximum Gasteiger partial charge on any atom is 0.263 e. The number of hydrogen-bond donors (Lipinski definition) is 2. The van der Waals surface area contributed by atoms with Crippen molar-refractivity contribution in [2.75, 3.05) is 13.2 Å². The van der Waals surface area contributed by atoms with E-state index >= 15 is 0 Å². The van der Waals surface area contributed by atoms with Crippen molar-refractivity contribution in [3.05, 3.63) is 58.1 Å². The molecule has 0 bridgehead atoms. The SMILES string of the molecule is Cc1ccccc1-c1noc(-c2cnn3c(C(CCN)CCOC(C)(C)C)cc(=O)[nH]c23)n1. The van der Waals surface area contributed by atoms with Crippen molar-refractivity contribution >= 4 is 5.65 Å². The molecule has 0 fully saturated rings. The highest BCUT2D eigenvalue weighted by atomic mass is 16.5. The number of nitrogens with zero attached hydrogens (tertiary/aromatic N) is 4. The van der Waals surface area contributed by atoms with Crippen LogP contribution in [0.4, 0.5) is 0 Å². The van der Waals surface area contributed by atoms with Crippen LogP contribution in [0.2, 0.25) is 0 Å². The zero-order chi connectivity index (χ0) is 23.6. The lowest BCUT2D eigenvalue weighted by Crippen LogP contribution is -2.23. The summed E-state index contributed by atoms with van der Waals surface area (Å²) in [5, 5.41) is 8.67. The number of aromatic amines is 1. The smallest absolute Gasteiger partial charge is 0.263 e. The zero-order valence-electron chi connectivity index (χ0n) is 19.5. The summed E-state index contributed by atoms with van der Waals surface area (Å²) in [5.41, 5.74) is 9.21. The molecule has 0 radical (unpaired) electrons. The van der Waals surface area contributed by atoms with Crippen molar-refractivity contribution in [3.8, 4) is 22.8 Å². The fraction of sp³-hybridized carbons (Fsp3) is 0.417. The molecule has 1 aromatic carbocycles. The number of aryl methyl sites for hydroxylation is 1. The van der Waals surface area contributed by atoms with E-state index in [4.69, 9.17) is 15.0 Å². The van der Waals surface area contributed by atoms with E-state index < -0.39 is 0 Å². The van der Waals surface area contributed by atoms with E-state index in [-0.39, 0.29) is 17.1 Å². The van der Waals surface area contributed by atoms with E-state index in [0.29, 0.717) is 42.5 Å². The highest BCUT2D eigenvalue weighted by Crippen LogP contribution is 2.29.